The van der Waals surface area contributed by atoms with Crippen LogP contribution in [0, 0.1) is 6.92 Å². The molecule has 0 bridgehead atoms. The van der Waals surface area contributed by atoms with Crippen molar-refractivity contribution in [3.63, 3.8) is 0 Å². The maximum Gasteiger partial charge on any atom is 0.331 e. The van der Waals surface area contributed by atoms with E-state index in [1.165, 1.54) is 7.05 Å². The van der Waals surface area contributed by atoms with Crippen LogP contribution in [0.25, 0.3) is 0 Å². The first-order chi connectivity index (χ1) is 8.52. The van der Waals surface area contributed by atoms with Gasteiger partial charge in [-0.3, -0.25) is 13.9 Å². The van der Waals surface area contributed by atoms with Gasteiger partial charge in [0.2, 0.25) is 0 Å². The van der Waals surface area contributed by atoms with Crippen LogP contribution < -0.4 is 11.2 Å². The maximum atomic E-state index is 12.1. The summed E-state index contributed by atoms with van der Waals surface area (Å²) in [6, 6.07) is 9.67. The molecule has 0 radical (unpaired) electrons. The summed E-state index contributed by atoms with van der Waals surface area (Å²) in [5.41, 5.74) is 1.06. The number of hydrogen-bond donors (Lipinski definition) is 0. The first-order valence-electron chi connectivity index (χ1n) is 5.52. The molecule has 2 rings (SSSR count). The Balaban J connectivity index is 2.59. The fraction of sp³-hybridized carbons (Fsp3) is 0.231. The van der Waals surface area contributed by atoms with Crippen molar-refractivity contribution >= 4 is 15.9 Å². The number of rotatable bonds is 2. The van der Waals surface area contributed by atoms with E-state index in [2.05, 4.69) is 15.9 Å². The van der Waals surface area contributed by atoms with Crippen molar-refractivity contribution in [1.29, 1.82) is 0 Å². The van der Waals surface area contributed by atoms with Crippen LogP contribution in [0.1, 0.15) is 11.3 Å². The van der Waals surface area contributed by atoms with Crippen molar-refractivity contribution in [2.24, 2.45) is 7.05 Å². The monoisotopic (exact) mass is 308 g/mol. The molecule has 0 amide bonds. The van der Waals surface area contributed by atoms with E-state index >= 15 is 0 Å². The summed E-state index contributed by atoms with van der Waals surface area (Å²) in [4.78, 5) is 23.8. The van der Waals surface area contributed by atoms with Crippen LogP contribution in [0.2, 0.25) is 0 Å². The number of halogens is 1. The van der Waals surface area contributed by atoms with Gasteiger partial charge in [0.1, 0.15) is 4.47 Å². The molecular weight excluding hydrogens is 296 g/mol. The summed E-state index contributed by atoms with van der Waals surface area (Å²) in [6.45, 7) is 2.22. The molecule has 0 unspecified atom stereocenters. The predicted octanol–water partition coefficient (Wildman–Crippen LogP) is 1.67. The first-order valence-corrected chi connectivity index (χ1v) is 6.31. The smallest absolute Gasteiger partial charge is 0.292 e. The molecule has 5 heteroatoms. The lowest BCUT2D eigenvalue weighted by atomic mass is 10.2. The molecule has 1 aromatic heterocycles. The average molecular weight is 309 g/mol. The topological polar surface area (TPSA) is 44.0 Å². The van der Waals surface area contributed by atoms with E-state index in [1.807, 2.05) is 30.3 Å². The highest BCUT2D eigenvalue weighted by molar-refractivity contribution is 9.10. The van der Waals surface area contributed by atoms with Gasteiger partial charge in [0.05, 0.1) is 6.54 Å². The summed E-state index contributed by atoms with van der Waals surface area (Å²) in [7, 11) is 1.48. The number of aromatic nitrogens is 2. The summed E-state index contributed by atoms with van der Waals surface area (Å²) < 4.78 is 3.13. The molecule has 94 valence electrons. The maximum absolute atomic E-state index is 12.1. The van der Waals surface area contributed by atoms with E-state index in [1.54, 1.807) is 11.5 Å². The van der Waals surface area contributed by atoms with Crippen molar-refractivity contribution in [1.82, 2.24) is 9.13 Å². The highest BCUT2D eigenvalue weighted by Crippen LogP contribution is 2.10. The molecule has 0 atom stereocenters. The van der Waals surface area contributed by atoms with E-state index in [9.17, 15) is 9.59 Å². The van der Waals surface area contributed by atoms with Gasteiger partial charge < -0.3 is 0 Å². The molecule has 0 spiro atoms. The summed E-state index contributed by atoms with van der Waals surface area (Å²) in [5.74, 6) is 0. The van der Waals surface area contributed by atoms with Gasteiger partial charge in [0.25, 0.3) is 5.56 Å². The second-order valence-corrected chi connectivity index (χ2v) is 4.91. The third-order valence-electron chi connectivity index (χ3n) is 2.92. The number of hydrogen-bond acceptors (Lipinski definition) is 2. The van der Waals surface area contributed by atoms with Crippen molar-refractivity contribution in [2.45, 2.75) is 13.5 Å². The van der Waals surface area contributed by atoms with Gasteiger partial charge in [-0.1, -0.05) is 30.3 Å². The lowest BCUT2D eigenvalue weighted by Crippen LogP contribution is -2.40. The highest BCUT2D eigenvalue weighted by atomic mass is 79.9. The van der Waals surface area contributed by atoms with Crippen molar-refractivity contribution in [3.8, 4) is 0 Å². The van der Waals surface area contributed by atoms with Crippen molar-refractivity contribution < 1.29 is 0 Å². The quantitative estimate of drug-likeness (QED) is 0.847. The Kier molecular flexibility index (Phi) is 3.52. The molecular formula is C13H13BrN2O2. The molecule has 0 aliphatic rings. The Morgan fingerprint density at radius 2 is 1.78 bits per heavy atom. The van der Waals surface area contributed by atoms with Gasteiger partial charge in [-0.2, -0.15) is 0 Å². The normalized spacial score (nSPS) is 10.6. The first kappa shape index (κ1) is 12.8. The molecule has 0 aliphatic heterocycles. The SMILES string of the molecule is Cc1c(Br)c(=O)n(C)c(=O)n1Cc1ccccc1. The van der Waals surface area contributed by atoms with E-state index in [0.717, 1.165) is 10.1 Å². The van der Waals surface area contributed by atoms with E-state index in [-0.39, 0.29) is 11.2 Å². The van der Waals surface area contributed by atoms with Crippen molar-refractivity contribution in [2.75, 3.05) is 0 Å². The van der Waals surface area contributed by atoms with Crippen LogP contribution >= 0.6 is 15.9 Å². The van der Waals surface area contributed by atoms with Crippen LogP contribution in [-0.2, 0) is 13.6 Å². The molecule has 2 aromatic rings. The Labute approximate surface area is 113 Å². The Morgan fingerprint density at radius 3 is 2.39 bits per heavy atom. The Hall–Kier alpha value is -1.62. The zero-order valence-electron chi connectivity index (χ0n) is 10.2. The molecule has 0 saturated carbocycles. The lowest BCUT2D eigenvalue weighted by Gasteiger charge is -2.12. The van der Waals surface area contributed by atoms with Crippen molar-refractivity contribution in [3.05, 3.63) is 66.9 Å². The predicted molar refractivity (Wildman–Crippen MR) is 73.9 cm³/mol. The molecule has 1 aromatic carbocycles. The molecule has 0 fully saturated rings. The van der Waals surface area contributed by atoms with Gasteiger partial charge in [-0.05, 0) is 28.4 Å². The zero-order valence-corrected chi connectivity index (χ0v) is 11.8. The van der Waals surface area contributed by atoms with Crippen LogP contribution in [-0.4, -0.2) is 9.13 Å². The van der Waals surface area contributed by atoms with Gasteiger partial charge in [-0.15, -0.1) is 0 Å². The third kappa shape index (κ3) is 2.18. The van der Waals surface area contributed by atoms with Gasteiger partial charge in [0.15, 0.2) is 0 Å². The molecule has 1 heterocycles. The van der Waals surface area contributed by atoms with Gasteiger partial charge in [0, 0.05) is 12.7 Å². The van der Waals surface area contributed by atoms with E-state index in [4.69, 9.17) is 0 Å². The van der Waals surface area contributed by atoms with Crippen LogP contribution in [0.15, 0.2) is 44.4 Å². The fourth-order valence-electron chi connectivity index (χ4n) is 1.78. The molecule has 4 nitrogen and oxygen atoms in total. The van der Waals surface area contributed by atoms with Crippen LogP contribution in [0.4, 0.5) is 0 Å². The Morgan fingerprint density at radius 1 is 1.17 bits per heavy atom. The molecule has 0 N–H and O–H groups in total. The molecule has 0 saturated heterocycles. The molecule has 18 heavy (non-hydrogen) atoms. The summed E-state index contributed by atoms with van der Waals surface area (Å²) in [5, 5.41) is 0. The largest absolute Gasteiger partial charge is 0.331 e. The van der Waals surface area contributed by atoms with Gasteiger partial charge in [-0.25, -0.2) is 4.79 Å². The second kappa shape index (κ2) is 4.94. The average Bonchev–Trinajstić information content (AvgIpc) is 2.40. The zero-order chi connectivity index (χ0) is 13.3. The standard InChI is InChI=1S/C13H13BrN2O2/c1-9-11(14)12(17)15(2)13(18)16(9)8-10-6-4-3-5-7-10/h3-7H,8H2,1-2H3. The van der Waals surface area contributed by atoms with Gasteiger partial charge >= 0.3 is 5.69 Å². The number of nitrogens with zero attached hydrogens (tertiary/aromatic N) is 2. The second-order valence-electron chi connectivity index (χ2n) is 4.12. The fourth-order valence-corrected chi connectivity index (χ4v) is 2.26. The van der Waals surface area contributed by atoms with E-state index in [0.29, 0.717) is 16.7 Å². The summed E-state index contributed by atoms with van der Waals surface area (Å²) in [6.07, 6.45) is 0. The minimum Gasteiger partial charge on any atom is -0.292 e. The lowest BCUT2D eigenvalue weighted by molar-refractivity contribution is 0.621. The van der Waals surface area contributed by atoms with Crippen LogP contribution in [0.5, 0.6) is 0 Å². The van der Waals surface area contributed by atoms with Crippen LogP contribution in [0.3, 0.4) is 0 Å². The Bertz CT molecular complexity index is 687. The minimum atomic E-state index is -0.304. The number of benzene rings is 1. The van der Waals surface area contributed by atoms with E-state index < -0.39 is 0 Å². The third-order valence-corrected chi connectivity index (χ3v) is 3.83. The molecule has 0 aliphatic carbocycles. The highest BCUT2D eigenvalue weighted by Gasteiger charge is 2.12. The minimum absolute atomic E-state index is 0.301. The summed E-state index contributed by atoms with van der Waals surface area (Å²) >= 11 is 3.24.